The number of benzene rings is 9. The van der Waals surface area contributed by atoms with Crippen molar-refractivity contribution in [3.8, 4) is 34.5 Å². The quantitative estimate of drug-likeness (QED) is 0.0159. The van der Waals surface area contributed by atoms with E-state index in [1.54, 1.807) is 69.9 Å². The van der Waals surface area contributed by atoms with E-state index in [1.165, 1.54) is 75.0 Å². The second-order valence-electron chi connectivity index (χ2n) is 25.9. The standard InChI is InChI=1S/C31H33N3O4S2.C24H19N3O8.C24H21N3O3.CH4.2Na.O4S2/c1-31(2,40-39-4)13-12-29(35)33-22-11-10-21-14-23-18-32-25-17-28(38-19-20-8-6-5-7-9-20)27(37-3)16-24(25)30(36)34(23)26(21)15-22;1-34-22-11-19(21(27(32)33)12-23(22)35-14-15-5-3-2-4-6-15)24(29)25-18(13-28)9-16-7-8-17(26(30)31)10-20(16)25;1-29-22-11-19-20(12-23(22)30-14-15-5-3-2-4-6-15)26-13-18-9-16-7-8-17(25)10-21(16)27(18)24(19)28;;;;1-5(2)6(3)4/h5-11,15-18,23H,12-14,19H2,1-4H3,(H,33,35);2-8,10-13,18H,9,14H2,1H3;2-8,10-13,18H,9,14,25H2,1H3;1H4;;;/t23-;;18-;;;;/m0.0..../s1. The first-order chi connectivity index (χ1) is 54.4. The van der Waals surface area contributed by atoms with E-state index in [9.17, 15) is 44.2 Å². The first-order valence-corrected chi connectivity index (χ1v) is 48.5. The van der Waals surface area contributed by atoms with Gasteiger partial charge in [0.25, 0.3) is 29.1 Å². The van der Waals surface area contributed by atoms with Gasteiger partial charge in [0.15, 0.2) is 34.5 Å². The van der Waals surface area contributed by atoms with Crippen LogP contribution in [0.5, 0.6) is 34.5 Å². The number of hydrogen-bond donors (Lipinski definition) is 2. The monoisotopic (exact) mass is 1640 g/mol. The molecule has 0 saturated heterocycles. The molecule has 5 aliphatic heterocycles. The molecule has 0 bridgehead atoms. The van der Waals surface area contributed by atoms with Crippen LogP contribution in [-0.4, -0.2) is 163 Å². The predicted molar refractivity (Wildman–Crippen MR) is 443 cm³/mol. The molecule has 14 rings (SSSR count). The Kier molecular flexibility index (Phi) is 31.2. The van der Waals surface area contributed by atoms with Gasteiger partial charge in [0.2, 0.25) is 5.91 Å². The molecule has 5 aliphatic rings. The Hall–Kier alpha value is -10.4. The zero-order valence-corrected chi connectivity index (χ0v) is 69.8. The number of anilines is 5. The number of nitro groups is 2. The number of non-ortho nitro benzene ring substituents is 1. The number of fused-ring (bicyclic) bond motifs is 9. The SMILES string of the molecule is C.COc1cc(C(=O)N2c3cc([N+](=O)[O-])ccc3CC2C=O)c([N+](=O)[O-])cc1OCc1ccccc1.COc1cc2c(cc1OCc1ccccc1)N=C[C@@H]1Cc3ccc(N)cc3N1C2=O.COc1cc2c(cc1OCc1ccccc1)N=C[C@@H]1Cc3ccc(NC(=O)CCC(C)(C)SSC)cc3N1C2=O.O=S(=O)=S(=O)=O.[Na][Na]. The van der Waals surface area contributed by atoms with Crippen molar-refractivity contribution in [1.29, 1.82) is 0 Å². The van der Waals surface area contributed by atoms with Gasteiger partial charge in [0, 0.05) is 84.6 Å². The van der Waals surface area contributed by atoms with E-state index in [0.717, 1.165) is 56.6 Å². The molecule has 0 saturated carbocycles. The Bertz CT molecular complexity index is 5400. The number of nitrogens with one attached hydrogen (secondary N) is 1. The molecule has 0 fully saturated rings. The van der Waals surface area contributed by atoms with E-state index in [0.29, 0.717) is 101 Å². The molecule has 4 amide bonds. The van der Waals surface area contributed by atoms with Gasteiger partial charge in [-0.1, -0.05) is 138 Å². The van der Waals surface area contributed by atoms with Gasteiger partial charge in [0.05, 0.1) is 94.9 Å². The molecule has 1 unspecified atom stereocenters. The van der Waals surface area contributed by atoms with Crippen LogP contribution in [-0.2, 0) is 67.2 Å². The van der Waals surface area contributed by atoms with Crippen molar-refractivity contribution >= 4 is 177 Å². The van der Waals surface area contributed by atoms with Crippen molar-refractivity contribution in [3.63, 3.8) is 0 Å². The summed E-state index contributed by atoms with van der Waals surface area (Å²) in [5.74, 6) is 1.01. The summed E-state index contributed by atoms with van der Waals surface area (Å²) in [4.78, 5) is 101. The van der Waals surface area contributed by atoms with Crippen molar-refractivity contribution in [2.24, 2.45) is 9.98 Å². The van der Waals surface area contributed by atoms with Crippen LogP contribution >= 0.6 is 21.6 Å². The number of carbonyl (C=O) groups is 5. The maximum absolute atomic E-state index is 13.9. The van der Waals surface area contributed by atoms with Crippen LogP contribution in [0.1, 0.15) is 98.6 Å². The Morgan fingerprint density at radius 2 is 1.04 bits per heavy atom. The zero-order chi connectivity index (χ0) is 81.2. The molecule has 3 N–H and O–H groups in total. The number of hydrogen-bond acceptors (Lipinski definition) is 24. The van der Waals surface area contributed by atoms with E-state index in [4.69, 9.17) is 56.0 Å². The normalized spacial score (nSPS) is 14.6. The maximum atomic E-state index is 13.9. The number of rotatable bonds is 22. The number of nitrogens with zero attached hydrogens (tertiary/aromatic N) is 7. The van der Waals surface area contributed by atoms with Gasteiger partial charge in [-0.25, -0.2) is 0 Å². The van der Waals surface area contributed by atoms with E-state index >= 15 is 0 Å². The van der Waals surface area contributed by atoms with E-state index in [1.807, 2.05) is 146 Å². The third-order valence-electron chi connectivity index (χ3n) is 18.2. The molecule has 9 aromatic rings. The van der Waals surface area contributed by atoms with E-state index in [2.05, 4.69) is 24.2 Å². The van der Waals surface area contributed by atoms with Gasteiger partial charge in [0.1, 0.15) is 31.7 Å². The first kappa shape index (κ1) is 87.6. The summed E-state index contributed by atoms with van der Waals surface area (Å²) in [7, 11) is 2.04. The van der Waals surface area contributed by atoms with E-state index in [-0.39, 0.29) is 83.4 Å². The molecule has 114 heavy (non-hydrogen) atoms. The van der Waals surface area contributed by atoms with Crippen LogP contribution < -0.4 is 54.2 Å². The molecule has 34 heteroatoms. The Balaban J connectivity index is 0.000000187. The zero-order valence-electron chi connectivity index (χ0n) is 62.5. The Morgan fingerprint density at radius 1 is 0.596 bits per heavy atom. The van der Waals surface area contributed by atoms with Crippen LogP contribution in [0.4, 0.5) is 51.2 Å². The molecule has 0 aromatic heterocycles. The molecule has 3 atom stereocenters. The first-order valence-electron chi connectivity index (χ1n) is 35.2. The number of nitro benzene ring substituents is 2. The topological polar surface area (TPSA) is 368 Å². The second-order valence-corrected chi connectivity index (χ2v) is 31.5. The van der Waals surface area contributed by atoms with Crippen molar-refractivity contribution < 1.29 is 79.1 Å². The summed E-state index contributed by atoms with van der Waals surface area (Å²) in [6.45, 7) is 5.18. The molecule has 0 spiro atoms. The molecule has 582 valence electrons. The molecular formula is C80H77N9Na2O19S4. The summed E-state index contributed by atoms with van der Waals surface area (Å²) in [5, 5.41) is 26.1. The number of ether oxygens (including phenoxy) is 6. The minimum absolute atomic E-state index is 0. The van der Waals surface area contributed by atoms with Gasteiger partial charge >= 0.3 is 62.1 Å². The summed E-state index contributed by atoms with van der Waals surface area (Å²) >= 11 is 2.89. The number of carbonyl (C=O) groups excluding carboxylic acids is 5. The van der Waals surface area contributed by atoms with Crippen LogP contribution in [0.2, 0.25) is 0 Å². The van der Waals surface area contributed by atoms with Crippen LogP contribution in [0.3, 0.4) is 0 Å². The predicted octanol–water partition coefficient (Wildman–Crippen LogP) is 13.6. The number of nitrogen functional groups attached to an aromatic ring is 1. The van der Waals surface area contributed by atoms with Crippen LogP contribution in [0, 0.1) is 20.2 Å². The molecule has 28 nitrogen and oxygen atoms in total. The minimum atomic E-state index is -2.95. The Morgan fingerprint density at radius 3 is 1.49 bits per heavy atom. The van der Waals surface area contributed by atoms with Gasteiger partial charge in [-0.05, 0) is 96.3 Å². The number of nitrogens with two attached hydrogens (primary N) is 1. The summed E-state index contributed by atoms with van der Waals surface area (Å²) < 4.78 is 70.5. The number of methoxy groups -OCH3 is 3. The fourth-order valence-electron chi connectivity index (χ4n) is 12.9. The van der Waals surface area contributed by atoms with Crippen molar-refractivity contribution in [1.82, 2.24) is 0 Å². The molecule has 0 radical (unpaired) electrons. The number of aldehydes is 1. The van der Waals surface area contributed by atoms with Crippen LogP contribution in [0.15, 0.2) is 192 Å². The summed E-state index contributed by atoms with van der Waals surface area (Å²) in [6.07, 6.45) is 8.93. The summed E-state index contributed by atoms with van der Waals surface area (Å²) in [5.41, 5.74) is 15.5. The molecule has 9 aromatic carbocycles. The summed E-state index contributed by atoms with van der Waals surface area (Å²) in [6, 6.07) is 52.2. The Labute approximate surface area is 696 Å². The molecule has 5 heterocycles. The average Bonchev–Trinajstić information content (AvgIpc) is 1.59. The van der Waals surface area contributed by atoms with Crippen molar-refractivity contribution in [3.05, 3.63) is 252 Å². The number of aliphatic imine (C=N–C) groups is 2. The van der Waals surface area contributed by atoms with E-state index < -0.39 is 46.0 Å². The third-order valence-corrected chi connectivity index (χ3v) is 21.8. The second kappa shape index (κ2) is 40.6. The van der Waals surface area contributed by atoms with Crippen molar-refractivity contribution in [2.45, 2.75) is 96.1 Å². The molecular weight excluding hydrogens is 1570 g/mol. The van der Waals surface area contributed by atoms with Crippen molar-refractivity contribution in [2.75, 3.05) is 53.3 Å². The molecule has 0 aliphatic carbocycles. The third kappa shape index (κ3) is 21.3. The van der Waals surface area contributed by atoms with Gasteiger partial charge in [-0.15, -0.1) is 0 Å². The number of amides is 4. The fraction of sp³-hybridized carbons (Fsp3) is 0.237. The van der Waals surface area contributed by atoms with Gasteiger partial charge < -0.3 is 44.3 Å². The average molecular weight is 1640 g/mol. The van der Waals surface area contributed by atoms with Gasteiger partial charge in [-0.2, -0.15) is 16.8 Å². The van der Waals surface area contributed by atoms with Crippen LogP contribution in [0.25, 0.3) is 0 Å². The van der Waals surface area contributed by atoms with Gasteiger partial charge in [-0.3, -0.25) is 64.1 Å². The fourth-order valence-corrected chi connectivity index (χ4v) is 15.1.